The number of aromatic nitrogens is 3. The summed E-state index contributed by atoms with van der Waals surface area (Å²) in [4.78, 5) is 37.9. The van der Waals surface area contributed by atoms with E-state index in [1.807, 2.05) is 6.07 Å². The van der Waals surface area contributed by atoms with Gasteiger partial charge in [0.15, 0.2) is 5.78 Å². The summed E-state index contributed by atoms with van der Waals surface area (Å²) < 4.78 is 0. The summed E-state index contributed by atoms with van der Waals surface area (Å²) in [6.07, 6.45) is 0. The standard InChI is InChI=1S/C19H18N4O4S/c24-15-7-6-13(18(26)12-4-2-1-3-5-12)8-14(15)9-20-17(25)11-28-10-16-21-19(27)23-22-16/h1-8,24H,9-11H2,(H,20,25)(H2,21,22,23,27). The summed E-state index contributed by atoms with van der Waals surface area (Å²) in [5.41, 5.74) is 1.05. The molecule has 0 bridgehead atoms. The number of H-pyrrole nitrogens is 2. The lowest BCUT2D eigenvalue weighted by Gasteiger charge is -2.09. The molecule has 0 aliphatic heterocycles. The lowest BCUT2D eigenvalue weighted by atomic mass is 10.0. The highest BCUT2D eigenvalue weighted by molar-refractivity contribution is 7.99. The molecule has 2 aromatic carbocycles. The molecule has 3 rings (SSSR count). The highest BCUT2D eigenvalue weighted by Gasteiger charge is 2.12. The summed E-state index contributed by atoms with van der Waals surface area (Å²) in [5.74, 6) is 0.634. The summed E-state index contributed by atoms with van der Waals surface area (Å²) in [6, 6.07) is 13.4. The van der Waals surface area contributed by atoms with Crippen molar-refractivity contribution in [2.45, 2.75) is 12.3 Å². The highest BCUT2D eigenvalue weighted by Crippen LogP contribution is 2.20. The Bertz CT molecular complexity index is 1030. The Kier molecular flexibility index (Phi) is 6.28. The molecule has 0 atom stereocenters. The van der Waals surface area contributed by atoms with E-state index < -0.39 is 0 Å². The van der Waals surface area contributed by atoms with Crippen LogP contribution in [0.4, 0.5) is 0 Å². The Labute approximate surface area is 164 Å². The van der Waals surface area contributed by atoms with Crippen LogP contribution in [0.5, 0.6) is 5.75 Å². The smallest absolute Gasteiger partial charge is 0.340 e. The van der Waals surface area contributed by atoms with Crippen LogP contribution in [-0.2, 0) is 17.1 Å². The van der Waals surface area contributed by atoms with Crippen molar-refractivity contribution in [2.24, 2.45) is 0 Å². The van der Waals surface area contributed by atoms with Gasteiger partial charge in [0.05, 0.1) is 11.5 Å². The number of nitrogens with zero attached hydrogens (tertiary/aromatic N) is 1. The van der Waals surface area contributed by atoms with Gasteiger partial charge in [0, 0.05) is 23.2 Å². The van der Waals surface area contributed by atoms with Crippen molar-refractivity contribution in [1.82, 2.24) is 20.5 Å². The van der Waals surface area contributed by atoms with Gasteiger partial charge in [0.25, 0.3) is 0 Å². The zero-order chi connectivity index (χ0) is 19.9. The van der Waals surface area contributed by atoms with Crippen LogP contribution in [0.25, 0.3) is 0 Å². The fourth-order valence-electron chi connectivity index (χ4n) is 2.48. The van der Waals surface area contributed by atoms with Crippen LogP contribution in [-0.4, -0.2) is 37.7 Å². The third-order valence-electron chi connectivity index (χ3n) is 3.88. The van der Waals surface area contributed by atoms with E-state index in [0.717, 1.165) is 0 Å². The largest absolute Gasteiger partial charge is 0.508 e. The first-order valence-electron chi connectivity index (χ1n) is 8.42. The second-order valence-corrected chi connectivity index (χ2v) is 6.92. The first-order chi connectivity index (χ1) is 13.5. The minimum absolute atomic E-state index is 0.00617. The second kappa shape index (κ2) is 9.05. The summed E-state index contributed by atoms with van der Waals surface area (Å²) in [7, 11) is 0. The molecule has 0 unspecified atom stereocenters. The molecule has 28 heavy (non-hydrogen) atoms. The molecule has 4 N–H and O–H groups in total. The van der Waals surface area contributed by atoms with Gasteiger partial charge in [0.2, 0.25) is 5.91 Å². The van der Waals surface area contributed by atoms with Gasteiger partial charge in [-0.25, -0.2) is 9.89 Å². The van der Waals surface area contributed by atoms with Crippen molar-refractivity contribution in [3.63, 3.8) is 0 Å². The van der Waals surface area contributed by atoms with Crippen LogP contribution in [0.15, 0.2) is 53.3 Å². The highest BCUT2D eigenvalue weighted by atomic mass is 32.2. The molecule has 0 saturated heterocycles. The summed E-state index contributed by atoms with van der Waals surface area (Å²) in [6.45, 7) is 0.0976. The number of benzene rings is 2. The molecule has 144 valence electrons. The fourth-order valence-corrected chi connectivity index (χ4v) is 3.20. The average Bonchev–Trinajstić information content (AvgIpc) is 3.12. The van der Waals surface area contributed by atoms with E-state index in [-0.39, 0.29) is 35.4 Å². The SMILES string of the molecule is O=C(CSCc1n[nH]c(=O)[nH]1)NCc1cc(C(=O)c2ccccc2)ccc1O. The monoisotopic (exact) mass is 398 g/mol. The first kappa shape index (κ1) is 19.4. The minimum atomic E-state index is -0.388. The van der Waals surface area contributed by atoms with E-state index in [1.165, 1.54) is 17.8 Å². The van der Waals surface area contributed by atoms with E-state index in [1.54, 1.807) is 36.4 Å². The fraction of sp³-hybridized carbons (Fsp3) is 0.158. The molecule has 0 saturated carbocycles. The van der Waals surface area contributed by atoms with Crippen LogP contribution >= 0.6 is 11.8 Å². The molecule has 0 aliphatic rings. The van der Waals surface area contributed by atoms with Crippen LogP contribution in [0.3, 0.4) is 0 Å². The van der Waals surface area contributed by atoms with Crippen LogP contribution in [0, 0.1) is 0 Å². The van der Waals surface area contributed by atoms with Crippen molar-refractivity contribution in [1.29, 1.82) is 0 Å². The van der Waals surface area contributed by atoms with Crippen LogP contribution in [0.2, 0.25) is 0 Å². The number of hydrogen-bond acceptors (Lipinski definition) is 6. The molecule has 8 nitrogen and oxygen atoms in total. The summed E-state index contributed by atoms with van der Waals surface area (Å²) >= 11 is 1.29. The summed E-state index contributed by atoms with van der Waals surface area (Å²) in [5, 5.41) is 18.7. The molecule has 0 spiro atoms. The number of carbonyl (C=O) groups is 2. The van der Waals surface area contributed by atoms with Gasteiger partial charge in [-0.3, -0.25) is 14.6 Å². The van der Waals surface area contributed by atoms with Gasteiger partial charge in [-0.15, -0.1) is 11.8 Å². The van der Waals surface area contributed by atoms with Crippen LogP contribution in [0.1, 0.15) is 27.3 Å². The Morgan fingerprint density at radius 2 is 1.89 bits per heavy atom. The molecule has 0 aliphatic carbocycles. The molecule has 9 heteroatoms. The molecule has 3 aromatic rings. The average molecular weight is 398 g/mol. The van der Waals surface area contributed by atoms with Crippen molar-refractivity contribution < 1.29 is 14.7 Å². The number of carbonyl (C=O) groups excluding carboxylic acids is 2. The van der Waals surface area contributed by atoms with E-state index in [9.17, 15) is 19.5 Å². The maximum absolute atomic E-state index is 12.5. The quantitative estimate of drug-likeness (QED) is 0.427. The normalized spacial score (nSPS) is 10.6. The van der Waals surface area contributed by atoms with Gasteiger partial charge in [-0.1, -0.05) is 30.3 Å². The van der Waals surface area contributed by atoms with Gasteiger partial charge >= 0.3 is 5.69 Å². The van der Waals surface area contributed by atoms with Crippen molar-refractivity contribution in [2.75, 3.05) is 5.75 Å². The second-order valence-electron chi connectivity index (χ2n) is 5.93. The zero-order valence-corrected chi connectivity index (χ0v) is 15.6. The van der Waals surface area contributed by atoms with Crippen LogP contribution < -0.4 is 11.0 Å². The van der Waals surface area contributed by atoms with Gasteiger partial charge in [-0.2, -0.15) is 5.10 Å². The molecular weight excluding hydrogens is 380 g/mol. The number of amides is 1. The Morgan fingerprint density at radius 3 is 2.61 bits per heavy atom. The van der Waals surface area contributed by atoms with Crippen molar-refractivity contribution in [3.8, 4) is 5.75 Å². The van der Waals surface area contributed by atoms with Gasteiger partial charge < -0.3 is 10.4 Å². The number of phenolic OH excluding ortho intramolecular Hbond substituents is 1. The predicted octanol–water partition coefficient (Wildman–Crippen LogP) is 1.58. The maximum Gasteiger partial charge on any atom is 0.340 e. The Hall–Kier alpha value is -3.33. The molecule has 1 amide bonds. The van der Waals surface area contributed by atoms with Gasteiger partial charge in [-0.05, 0) is 18.2 Å². The lowest BCUT2D eigenvalue weighted by molar-refractivity contribution is -0.118. The van der Waals surface area contributed by atoms with Crippen molar-refractivity contribution in [3.05, 3.63) is 81.5 Å². The first-order valence-corrected chi connectivity index (χ1v) is 9.58. The number of aromatic amines is 2. The van der Waals surface area contributed by atoms with E-state index in [0.29, 0.717) is 28.3 Å². The van der Waals surface area contributed by atoms with E-state index in [2.05, 4.69) is 20.5 Å². The third-order valence-corrected chi connectivity index (χ3v) is 4.82. The molecular formula is C19H18N4O4S. The molecule has 0 radical (unpaired) electrons. The number of hydrogen-bond donors (Lipinski definition) is 4. The minimum Gasteiger partial charge on any atom is -0.508 e. The van der Waals surface area contributed by atoms with Crippen molar-refractivity contribution >= 4 is 23.5 Å². The third kappa shape index (κ3) is 5.10. The Balaban J connectivity index is 1.55. The lowest BCUT2D eigenvalue weighted by Crippen LogP contribution is -2.24. The number of phenols is 1. The molecule has 0 fully saturated rings. The topological polar surface area (TPSA) is 128 Å². The number of rotatable bonds is 8. The van der Waals surface area contributed by atoms with Gasteiger partial charge in [0.1, 0.15) is 11.6 Å². The van der Waals surface area contributed by atoms with E-state index >= 15 is 0 Å². The zero-order valence-electron chi connectivity index (χ0n) is 14.8. The number of aromatic hydroxyl groups is 1. The number of ketones is 1. The predicted molar refractivity (Wildman–Crippen MR) is 105 cm³/mol. The number of nitrogens with one attached hydrogen (secondary N) is 3. The molecule has 1 heterocycles. The number of thioether (sulfide) groups is 1. The Morgan fingerprint density at radius 1 is 1.11 bits per heavy atom. The van der Waals surface area contributed by atoms with E-state index in [4.69, 9.17) is 0 Å². The molecule has 1 aromatic heterocycles. The maximum atomic E-state index is 12.5.